The summed E-state index contributed by atoms with van der Waals surface area (Å²) in [6.45, 7) is 25.2. The van der Waals surface area contributed by atoms with Crippen LogP contribution in [0.5, 0.6) is 17.6 Å². The molecule has 7 atom stereocenters. The topological polar surface area (TPSA) is 414 Å². The first-order valence-electron chi connectivity index (χ1n) is 39.6. The van der Waals surface area contributed by atoms with Crippen LogP contribution in [-0.4, -0.2) is 286 Å². The Labute approximate surface area is 711 Å². The van der Waals surface area contributed by atoms with E-state index in [1.165, 1.54) is 41.0 Å². The summed E-state index contributed by atoms with van der Waals surface area (Å²) < 4.78 is 76.9. The summed E-state index contributed by atoms with van der Waals surface area (Å²) in [6, 6.07) is 26.3. The van der Waals surface area contributed by atoms with E-state index in [0.29, 0.717) is 69.4 Å². The number of carbonyl (C=O) groups is 5. The lowest BCUT2D eigenvalue weighted by Gasteiger charge is -2.36. The average Bonchev–Trinajstić information content (AvgIpc) is 1.64. The quantitative estimate of drug-likeness (QED) is 0.00681. The number of nitrogens with one attached hydrogen (secondary N) is 1. The molecule has 39 nitrogen and oxygen atoms in total. The number of hydrogen-bond acceptors (Lipinski definition) is 31. The molecule has 0 saturated carbocycles. The minimum atomic E-state index is -1.47. The number of imidazole rings is 3. The molecule has 1 unspecified atom stereocenters. The molecule has 3 aromatic carbocycles. The van der Waals surface area contributed by atoms with E-state index in [1.807, 2.05) is 89.0 Å². The molecule has 0 spiro atoms. The number of aromatic nitrogens is 12. The van der Waals surface area contributed by atoms with Gasteiger partial charge < -0.3 is 86.4 Å². The van der Waals surface area contributed by atoms with Crippen LogP contribution in [0.2, 0.25) is 0 Å². The van der Waals surface area contributed by atoms with Gasteiger partial charge in [0.25, 0.3) is 26.4 Å². The molecule has 6 aromatic heterocycles. The van der Waals surface area contributed by atoms with Crippen molar-refractivity contribution in [2.45, 2.75) is 143 Å². The third-order valence-corrected chi connectivity index (χ3v) is 18.9. The van der Waals surface area contributed by atoms with Crippen LogP contribution in [-0.2, 0) is 51.8 Å². The molecule has 1 amide bonds. The molecule has 0 aliphatic carbocycles. The van der Waals surface area contributed by atoms with Crippen molar-refractivity contribution >= 4 is 109 Å². The molecule has 0 radical (unpaired) electrons. The normalized spacial score (nSPS) is 13.1. The Morgan fingerprint density at radius 2 is 0.844 bits per heavy atom. The number of benzene rings is 3. The molecule has 40 heteroatoms. The van der Waals surface area contributed by atoms with Gasteiger partial charge in [-0.3, -0.25) is 23.3 Å². The summed E-state index contributed by atoms with van der Waals surface area (Å²) >= 11 is 0. The first kappa shape index (κ1) is 98.9. The van der Waals surface area contributed by atoms with Crippen LogP contribution in [0, 0.1) is 6.57 Å². The van der Waals surface area contributed by atoms with E-state index in [4.69, 9.17) is 63.0 Å². The Kier molecular flexibility index (Phi) is 42.4. The van der Waals surface area contributed by atoms with Gasteiger partial charge in [0.05, 0.1) is 114 Å². The van der Waals surface area contributed by atoms with Gasteiger partial charge in [0.1, 0.15) is 33.0 Å². The summed E-state index contributed by atoms with van der Waals surface area (Å²) in [5.41, 5.74) is 3.50. The Balaban J connectivity index is 0.000000284. The van der Waals surface area contributed by atoms with E-state index >= 15 is 0 Å². The second-order valence-electron chi connectivity index (χ2n) is 27.3. The van der Waals surface area contributed by atoms with E-state index in [2.05, 4.69) is 102 Å². The zero-order valence-corrected chi connectivity index (χ0v) is 73.6. The zero-order chi connectivity index (χ0) is 89.2. The molecule has 0 saturated heterocycles. The van der Waals surface area contributed by atoms with E-state index in [9.17, 15) is 29.1 Å². The van der Waals surface area contributed by atoms with Gasteiger partial charge in [0.2, 0.25) is 30.1 Å². The molecule has 6 heterocycles. The lowest BCUT2D eigenvalue weighted by atomic mass is 10.2. The Hall–Kier alpha value is -11.9. The molecule has 660 valence electrons. The van der Waals surface area contributed by atoms with Gasteiger partial charge in [0, 0.05) is 67.8 Å². The highest BCUT2D eigenvalue weighted by molar-refractivity contribution is 7.44. The van der Waals surface area contributed by atoms with Gasteiger partial charge in [-0.05, 0) is 83.4 Å². The number of rotatable bonds is 45. The van der Waals surface area contributed by atoms with Gasteiger partial charge in [-0.2, -0.15) is 29.9 Å². The highest BCUT2D eigenvalue weighted by Crippen LogP contribution is 2.46. The second kappa shape index (κ2) is 52.3. The van der Waals surface area contributed by atoms with Gasteiger partial charge >= 0.3 is 23.9 Å². The van der Waals surface area contributed by atoms with Crippen molar-refractivity contribution in [1.82, 2.24) is 83.2 Å². The predicted molar refractivity (Wildman–Crippen MR) is 459 cm³/mol. The number of esters is 4. The van der Waals surface area contributed by atoms with Crippen LogP contribution < -0.4 is 19.5 Å². The van der Waals surface area contributed by atoms with E-state index in [-0.39, 0.29) is 119 Å². The zero-order valence-electron chi connectivity index (χ0n) is 72.7. The van der Waals surface area contributed by atoms with Gasteiger partial charge in [0.15, 0.2) is 52.2 Å². The third-order valence-electron chi connectivity index (χ3n) is 16.9. The Bertz CT molecular complexity index is 4810. The number of ether oxygens (including phenoxy) is 10. The van der Waals surface area contributed by atoms with Crippen LogP contribution in [0.3, 0.4) is 0 Å². The Morgan fingerprint density at radius 1 is 0.500 bits per heavy atom. The van der Waals surface area contributed by atoms with Crippen LogP contribution in [0.15, 0.2) is 125 Å². The average molecular weight is 1710 g/mol. The van der Waals surface area contributed by atoms with Gasteiger partial charge in [-0.1, -0.05) is 89.2 Å². The number of hydrogen-bond donors (Lipinski definition) is 2. The van der Waals surface area contributed by atoms with Crippen molar-refractivity contribution in [2.24, 2.45) is 15.0 Å². The molecule has 0 aliphatic heterocycles. The summed E-state index contributed by atoms with van der Waals surface area (Å²) in [6.07, 6.45) is 6.77. The number of aliphatic imine (C=N–C) groups is 3. The molecular formula is C82H114N21O18P. The molecular weight excluding hydrogens is 1600 g/mol. The number of aliphatic hydroxyl groups excluding tert-OH is 1. The smallest absolute Gasteiger partial charge is 0.338 e. The number of methoxy groups -OCH3 is 3. The number of aliphatic hydroxyl groups is 1. The standard InChI is InChI=1S/C31H45N8O6P.C27H35N7O7.C22H28N6O5.C2H6/c1-10-25(18-44-46(43-17-16-32-6)39(22(2)3)23(4)5)45-26(19-42-30(40)24-14-12-11-13-15-24)38-21-33-27-28(38)35-31(34-20-37(7)8)36-29(27)41-9;1-6-19(14-39-22(36)13-12-20(35)28-2)41-21(15-40-26(37)18-10-8-7-9-11-18)34-17-29-23-24(34)31-27(30-16-33(3)4)32-25(23)38-5;1-5-16(11-29)33-17(12-32-21(30)15-9-7-6-8-10-15)28-14-23-18-19(28)25-22(24-13-27(2)3)26-20(18)31-4;1-2/h11-15,20-23,25-26H,10,16-19H2,1-5,7-9H3;7-11,16-17,19,21H,6,12-15H2,1-5H3,(H,28,35);6-10,13-14,16-17,29H,5,11-12H2,1-4H3;1-2H3/t25-,26-,46?;19-,21-;16-,17-;/m111./s1. The van der Waals surface area contributed by atoms with Crippen LogP contribution >= 0.6 is 8.53 Å². The van der Waals surface area contributed by atoms with Crippen molar-refractivity contribution in [3.63, 3.8) is 0 Å². The van der Waals surface area contributed by atoms with Gasteiger partial charge in [-0.15, -0.1) is 0 Å². The van der Waals surface area contributed by atoms with Gasteiger partial charge in [-0.25, -0.2) is 55.6 Å². The fourth-order valence-corrected chi connectivity index (χ4v) is 12.5. The molecule has 9 aromatic rings. The maximum absolute atomic E-state index is 12.9. The largest absolute Gasteiger partial charge is 0.479 e. The number of nitrogens with zero attached hydrogens (tertiary/aromatic N) is 20. The molecule has 2 N–H and O–H groups in total. The molecule has 122 heavy (non-hydrogen) atoms. The fourth-order valence-electron chi connectivity index (χ4n) is 10.8. The molecule has 9 rings (SSSR count). The minimum absolute atomic E-state index is 0.0201. The van der Waals surface area contributed by atoms with Crippen molar-refractivity contribution in [1.29, 1.82) is 0 Å². The molecule has 0 fully saturated rings. The van der Waals surface area contributed by atoms with E-state index < -0.39 is 69.4 Å². The van der Waals surface area contributed by atoms with Crippen molar-refractivity contribution in [3.05, 3.63) is 138 Å². The molecule has 0 aliphatic rings. The molecule has 0 bridgehead atoms. The summed E-state index contributed by atoms with van der Waals surface area (Å²) in [4.78, 5) is 123. The first-order valence-corrected chi connectivity index (χ1v) is 40.7. The number of carbonyl (C=O) groups excluding carboxylic acids is 5. The summed E-state index contributed by atoms with van der Waals surface area (Å²) in [7, 11) is 15.4. The van der Waals surface area contributed by atoms with Crippen LogP contribution in [0.4, 0.5) is 17.8 Å². The van der Waals surface area contributed by atoms with Crippen molar-refractivity contribution in [3.8, 4) is 17.6 Å². The monoisotopic (exact) mass is 1710 g/mol. The third kappa shape index (κ3) is 30.7. The number of amides is 1. The highest BCUT2D eigenvalue weighted by atomic mass is 31.2. The summed E-state index contributed by atoms with van der Waals surface area (Å²) in [5, 5.41) is 12.1. The maximum Gasteiger partial charge on any atom is 0.338 e. The van der Waals surface area contributed by atoms with E-state index in [1.54, 1.807) is 133 Å². The van der Waals surface area contributed by atoms with Crippen LogP contribution in [0.1, 0.15) is 144 Å². The number of fused-ring (bicyclic) bond motifs is 3. The second-order valence-corrected chi connectivity index (χ2v) is 28.8. The summed E-state index contributed by atoms with van der Waals surface area (Å²) in [5.74, 6) is -1.15. The lowest BCUT2D eigenvalue weighted by Crippen LogP contribution is -2.35. The lowest BCUT2D eigenvalue weighted by molar-refractivity contribution is -0.154. The van der Waals surface area contributed by atoms with Crippen LogP contribution in [0.25, 0.3) is 38.3 Å². The predicted octanol–water partition coefficient (Wildman–Crippen LogP) is 11.0. The SMILES string of the molecule is CC.CC[C@H](CO)O[C@H](COC(=O)c1ccccc1)n1cnc2c(OC)nc(N=CN(C)C)nc21.CC[C@H](COC(=O)CCC(=O)NC)O[C@H](COC(=O)c1ccccc1)n1cnc2c(OC)nc(N=CN(C)C)nc21.[C-]#[N+]CCOP(OC[C@@H](CC)O[C@H](COC(=O)c1ccccc1)n1cnc2c(OC)nc(N=CN(C)C)nc21)N(C(C)C)C(C)C. The first-order chi connectivity index (χ1) is 58.8. The van der Waals surface area contributed by atoms with Crippen molar-refractivity contribution in [2.75, 3.05) is 123 Å². The maximum atomic E-state index is 12.9. The van der Waals surface area contributed by atoms with E-state index in [0.717, 1.165) is 0 Å². The minimum Gasteiger partial charge on any atom is -0.479 e. The fraction of sp³-hybridized carbons (Fsp3) is 0.488. The highest BCUT2D eigenvalue weighted by Gasteiger charge is 2.32. The van der Waals surface area contributed by atoms with Crippen molar-refractivity contribution < 1.29 is 85.5 Å². The Morgan fingerprint density at radius 3 is 1.15 bits per heavy atom.